The van der Waals surface area contributed by atoms with Crippen molar-refractivity contribution in [1.29, 1.82) is 0 Å². The van der Waals surface area contributed by atoms with E-state index in [0.29, 0.717) is 12.1 Å². The second kappa shape index (κ2) is 6.16. The van der Waals surface area contributed by atoms with Crippen LogP contribution in [0.3, 0.4) is 0 Å². The lowest BCUT2D eigenvalue weighted by molar-refractivity contribution is -0.131. The van der Waals surface area contributed by atoms with E-state index in [-0.39, 0.29) is 5.91 Å². The van der Waals surface area contributed by atoms with Crippen molar-refractivity contribution in [2.75, 3.05) is 7.05 Å². The van der Waals surface area contributed by atoms with Crippen LogP contribution in [0.25, 0.3) is 6.08 Å². The van der Waals surface area contributed by atoms with Gasteiger partial charge in [0.25, 0.3) is 5.91 Å². The Balaban J connectivity index is 2.00. The molecule has 1 amide bonds. The van der Waals surface area contributed by atoms with E-state index < -0.39 is 5.97 Å². The summed E-state index contributed by atoms with van der Waals surface area (Å²) in [4.78, 5) is 25.0. The molecule has 0 radical (unpaired) electrons. The molecule has 6 nitrogen and oxygen atoms in total. The van der Waals surface area contributed by atoms with Crippen molar-refractivity contribution < 1.29 is 14.7 Å². The third-order valence-electron chi connectivity index (χ3n) is 2.58. The minimum Gasteiger partial charge on any atom is -0.478 e. The Morgan fingerprint density at radius 3 is 3.00 bits per heavy atom. The number of carboxylic acid groups (broad SMARTS) is 1. The van der Waals surface area contributed by atoms with Gasteiger partial charge in [0.2, 0.25) is 0 Å². The molecule has 2 aromatic rings. The first kappa shape index (κ1) is 14.0. The quantitative estimate of drug-likeness (QED) is 0.823. The van der Waals surface area contributed by atoms with Crippen molar-refractivity contribution >= 4 is 29.3 Å². The van der Waals surface area contributed by atoms with Crippen LogP contribution in [0, 0.1) is 0 Å². The number of carbonyl (C=O) groups excluding carboxylic acids is 1. The molecule has 0 bridgehead atoms. The molecule has 20 heavy (non-hydrogen) atoms. The molecule has 2 aromatic heterocycles. The van der Waals surface area contributed by atoms with Gasteiger partial charge in [-0.2, -0.15) is 5.10 Å². The molecule has 0 unspecified atom stereocenters. The first-order chi connectivity index (χ1) is 9.56. The van der Waals surface area contributed by atoms with E-state index in [1.165, 1.54) is 23.6 Å². The smallest absolute Gasteiger partial charge is 0.328 e. The molecule has 0 aliphatic heterocycles. The van der Waals surface area contributed by atoms with Crippen molar-refractivity contribution in [3.63, 3.8) is 0 Å². The average Bonchev–Trinajstić information content (AvgIpc) is 3.06. The number of rotatable bonds is 5. The number of nitrogens with zero attached hydrogens (tertiary/aromatic N) is 2. The lowest BCUT2D eigenvalue weighted by Gasteiger charge is -2.14. The Kier molecular flexibility index (Phi) is 4.31. The van der Waals surface area contributed by atoms with Gasteiger partial charge in [-0.15, -0.1) is 11.3 Å². The van der Waals surface area contributed by atoms with Crippen molar-refractivity contribution in [2.45, 2.75) is 6.54 Å². The maximum absolute atomic E-state index is 12.0. The summed E-state index contributed by atoms with van der Waals surface area (Å²) in [6, 6.07) is 1.86. The Morgan fingerprint density at radius 1 is 1.55 bits per heavy atom. The molecule has 2 heterocycles. The summed E-state index contributed by atoms with van der Waals surface area (Å²) < 4.78 is 0. The maximum atomic E-state index is 12.0. The Hall–Kier alpha value is -2.41. The summed E-state index contributed by atoms with van der Waals surface area (Å²) in [5.74, 6) is -1.10. The highest BCUT2D eigenvalue weighted by Crippen LogP contribution is 2.18. The molecule has 2 N–H and O–H groups in total. The van der Waals surface area contributed by atoms with Crippen molar-refractivity contribution in [1.82, 2.24) is 15.1 Å². The zero-order chi connectivity index (χ0) is 14.5. The molecule has 0 saturated carbocycles. The number of amides is 1. The van der Waals surface area contributed by atoms with Crippen LogP contribution in [0.5, 0.6) is 0 Å². The second-order valence-corrected chi connectivity index (χ2v) is 5.16. The number of nitrogens with one attached hydrogen (secondary N) is 1. The summed E-state index contributed by atoms with van der Waals surface area (Å²) in [6.07, 6.45) is 5.65. The number of aromatic nitrogens is 2. The lowest BCUT2D eigenvalue weighted by Crippen LogP contribution is -2.25. The summed E-state index contributed by atoms with van der Waals surface area (Å²) in [6.45, 7) is 0.468. The van der Waals surface area contributed by atoms with Gasteiger partial charge in [0, 0.05) is 24.2 Å². The zero-order valence-corrected chi connectivity index (χ0v) is 11.6. The number of thiophene rings is 1. The van der Waals surface area contributed by atoms with E-state index in [2.05, 4.69) is 10.2 Å². The summed E-state index contributed by atoms with van der Waals surface area (Å²) in [7, 11) is 1.71. The monoisotopic (exact) mass is 291 g/mol. The third kappa shape index (κ3) is 3.55. The number of carbonyl (C=O) groups is 2. The van der Waals surface area contributed by atoms with Crippen molar-refractivity contribution in [2.24, 2.45) is 0 Å². The number of hydrogen-bond donors (Lipinski definition) is 2. The predicted octanol–water partition coefficient (Wildman–Crippen LogP) is 1.84. The fourth-order valence-electron chi connectivity index (χ4n) is 1.63. The third-order valence-corrected chi connectivity index (χ3v) is 3.52. The van der Waals surface area contributed by atoms with Gasteiger partial charge in [-0.3, -0.25) is 9.89 Å². The van der Waals surface area contributed by atoms with Gasteiger partial charge in [0.15, 0.2) is 0 Å². The van der Waals surface area contributed by atoms with Gasteiger partial charge in [-0.25, -0.2) is 4.79 Å². The predicted molar refractivity (Wildman–Crippen MR) is 75.4 cm³/mol. The van der Waals surface area contributed by atoms with E-state index >= 15 is 0 Å². The number of carboxylic acids is 1. The standard InChI is InChI=1S/C13H13N3O3S/c1-16(13(19)10-5-14-15-6-10)7-11-4-9(8-20-11)2-3-12(17)18/h2-6,8H,7H2,1H3,(H,14,15)(H,17,18). The molecule has 0 fully saturated rings. The van der Waals surface area contributed by atoms with E-state index in [1.807, 2.05) is 11.4 Å². The van der Waals surface area contributed by atoms with Crippen LogP contribution in [0.15, 0.2) is 29.9 Å². The van der Waals surface area contributed by atoms with Gasteiger partial charge >= 0.3 is 5.97 Å². The Labute approximate surface area is 119 Å². The minimum atomic E-state index is -0.981. The minimum absolute atomic E-state index is 0.116. The molecule has 0 spiro atoms. The fraction of sp³-hybridized carbons (Fsp3) is 0.154. The molecule has 0 aliphatic carbocycles. The molecule has 104 valence electrons. The topological polar surface area (TPSA) is 86.3 Å². The van der Waals surface area contributed by atoms with Gasteiger partial charge < -0.3 is 10.0 Å². The largest absolute Gasteiger partial charge is 0.478 e. The number of hydrogen-bond acceptors (Lipinski definition) is 4. The second-order valence-electron chi connectivity index (χ2n) is 4.17. The first-order valence-electron chi connectivity index (χ1n) is 5.79. The molecular weight excluding hydrogens is 278 g/mol. The van der Waals surface area contributed by atoms with E-state index in [4.69, 9.17) is 5.11 Å². The van der Waals surface area contributed by atoms with Gasteiger partial charge in [-0.05, 0) is 23.1 Å². The number of aromatic amines is 1. The maximum Gasteiger partial charge on any atom is 0.328 e. The molecule has 0 saturated heterocycles. The fourth-order valence-corrected chi connectivity index (χ4v) is 2.54. The Bertz CT molecular complexity index is 631. The highest BCUT2D eigenvalue weighted by molar-refractivity contribution is 7.10. The van der Waals surface area contributed by atoms with Crippen LogP contribution >= 0.6 is 11.3 Å². The molecule has 0 aromatic carbocycles. The lowest BCUT2D eigenvalue weighted by atomic mass is 10.2. The normalized spacial score (nSPS) is 10.8. The van der Waals surface area contributed by atoms with Crippen molar-refractivity contribution in [3.8, 4) is 0 Å². The number of aliphatic carboxylic acids is 1. The average molecular weight is 291 g/mol. The summed E-state index contributed by atoms with van der Waals surface area (Å²) in [5.41, 5.74) is 1.33. The summed E-state index contributed by atoms with van der Waals surface area (Å²) in [5, 5.41) is 16.8. The molecule has 7 heteroatoms. The van der Waals surface area contributed by atoms with Crippen LogP contribution in [-0.4, -0.2) is 39.1 Å². The van der Waals surface area contributed by atoms with Gasteiger partial charge in [0.05, 0.1) is 18.3 Å². The first-order valence-corrected chi connectivity index (χ1v) is 6.67. The molecule has 2 rings (SSSR count). The van der Waals surface area contributed by atoms with Crippen molar-refractivity contribution in [3.05, 3.63) is 45.9 Å². The van der Waals surface area contributed by atoms with Crippen LogP contribution in [-0.2, 0) is 11.3 Å². The van der Waals surface area contributed by atoms with Gasteiger partial charge in [0.1, 0.15) is 0 Å². The van der Waals surface area contributed by atoms with E-state index in [0.717, 1.165) is 16.5 Å². The van der Waals surface area contributed by atoms with Crippen LogP contribution in [0.1, 0.15) is 20.8 Å². The number of H-pyrrole nitrogens is 1. The zero-order valence-electron chi connectivity index (χ0n) is 10.7. The summed E-state index contributed by atoms with van der Waals surface area (Å²) >= 11 is 1.48. The van der Waals surface area contributed by atoms with E-state index in [9.17, 15) is 9.59 Å². The van der Waals surface area contributed by atoms with Crippen LogP contribution < -0.4 is 0 Å². The molecule has 0 aliphatic rings. The molecule has 0 atom stereocenters. The molecular formula is C13H13N3O3S. The van der Waals surface area contributed by atoms with Crippen LogP contribution in [0.2, 0.25) is 0 Å². The highest BCUT2D eigenvalue weighted by Gasteiger charge is 2.13. The van der Waals surface area contributed by atoms with Crippen LogP contribution in [0.4, 0.5) is 0 Å². The van der Waals surface area contributed by atoms with Gasteiger partial charge in [-0.1, -0.05) is 0 Å². The SMILES string of the molecule is CN(Cc1cc(C=CC(=O)O)cs1)C(=O)c1cn[nH]c1. The highest BCUT2D eigenvalue weighted by atomic mass is 32.1. The van der Waals surface area contributed by atoms with E-state index in [1.54, 1.807) is 18.1 Å². The Morgan fingerprint density at radius 2 is 2.35 bits per heavy atom.